The maximum atomic E-state index is 12.3. The smallest absolute Gasteiger partial charge is 0.335 e. The maximum Gasteiger partial charge on any atom is 0.335 e. The Bertz CT molecular complexity index is 848. The van der Waals surface area contributed by atoms with Gasteiger partial charge in [0.2, 0.25) is 0 Å². The summed E-state index contributed by atoms with van der Waals surface area (Å²) in [6.07, 6.45) is -1.71. The van der Waals surface area contributed by atoms with Gasteiger partial charge in [0, 0.05) is 4.43 Å². The zero-order valence-corrected chi connectivity index (χ0v) is 19.6. The summed E-state index contributed by atoms with van der Waals surface area (Å²) in [5, 5.41) is 0. The molecule has 0 N–H and O–H groups in total. The van der Waals surface area contributed by atoms with Gasteiger partial charge in [-0.15, -0.1) is 0 Å². The summed E-state index contributed by atoms with van der Waals surface area (Å²) >= 11 is 2.24. The number of rotatable bonds is 8. The number of alkyl halides is 1. The van der Waals surface area contributed by atoms with Crippen LogP contribution in [0.1, 0.15) is 24.5 Å². The first-order chi connectivity index (χ1) is 15.1. The fourth-order valence-corrected chi connectivity index (χ4v) is 4.49. The monoisotopic (exact) mass is 538 g/mol. The van der Waals surface area contributed by atoms with Crippen LogP contribution in [0.3, 0.4) is 0 Å². The summed E-state index contributed by atoms with van der Waals surface area (Å²) in [6, 6.07) is 19.8. The SMILES string of the molecule is C[C@]1(OCc2ccccc2)[C@H](OCc2ccccc2)OC[C@H]2OC(=O)[C@H](CCI)O[C@H]21. The fourth-order valence-electron chi connectivity index (χ4n) is 3.92. The van der Waals surface area contributed by atoms with Crippen LogP contribution in [-0.2, 0) is 41.7 Å². The molecule has 0 radical (unpaired) electrons. The zero-order valence-electron chi connectivity index (χ0n) is 17.4. The average molecular weight is 538 g/mol. The Morgan fingerprint density at radius 3 is 2.32 bits per heavy atom. The summed E-state index contributed by atoms with van der Waals surface area (Å²) in [5.41, 5.74) is 1.11. The summed E-state index contributed by atoms with van der Waals surface area (Å²) in [6.45, 7) is 2.87. The van der Waals surface area contributed by atoms with Crippen molar-refractivity contribution in [2.24, 2.45) is 0 Å². The number of carbonyl (C=O) groups is 1. The minimum absolute atomic E-state index is 0.205. The molecule has 2 aromatic rings. The Kier molecular flexibility index (Phi) is 7.60. The van der Waals surface area contributed by atoms with E-state index in [4.69, 9.17) is 23.7 Å². The summed E-state index contributed by atoms with van der Waals surface area (Å²) in [5.74, 6) is -0.337. The van der Waals surface area contributed by atoms with E-state index in [-0.39, 0.29) is 12.6 Å². The van der Waals surface area contributed by atoms with Crippen LogP contribution in [0.2, 0.25) is 0 Å². The predicted octanol–water partition coefficient (Wildman–Crippen LogP) is 4.04. The third kappa shape index (κ3) is 5.28. The number of benzene rings is 2. The third-order valence-electron chi connectivity index (χ3n) is 5.63. The second kappa shape index (κ2) is 10.4. The molecule has 4 rings (SSSR count). The molecule has 31 heavy (non-hydrogen) atoms. The Morgan fingerprint density at radius 1 is 1.03 bits per heavy atom. The van der Waals surface area contributed by atoms with E-state index in [2.05, 4.69) is 22.6 Å². The molecule has 2 aliphatic heterocycles. The van der Waals surface area contributed by atoms with E-state index in [0.29, 0.717) is 19.6 Å². The van der Waals surface area contributed by atoms with Crippen LogP contribution < -0.4 is 0 Å². The number of fused-ring (bicyclic) bond motifs is 1. The Labute approximate surface area is 196 Å². The molecule has 2 fully saturated rings. The Morgan fingerprint density at radius 2 is 1.68 bits per heavy atom. The normalized spacial score (nSPS) is 30.5. The molecule has 7 heteroatoms. The highest BCUT2D eigenvalue weighted by Gasteiger charge is 2.57. The van der Waals surface area contributed by atoms with Crippen LogP contribution >= 0.6 is 22.6 Å². The van der Waals surface area contributed by atoms with Gasteiger partial charge in [0.15, 0.2) is 18.5 Å². The molecule has 6 nitrogen and oxygen atoms in total. The first kappa shape index (κ1) is 22.7. The van der Waals surface area contributed by atoms with Gasteiger partial charge in [-0.2, -0.15) is 0 Å². The molecule has 0 spiro atoms. The summed E-state index contributed by atoms with van der Waals surface area (Å²) in [4.78, 5) is 12.3. The highest BCUT2D eigenvalue weighted by Crippen LogP contribution is 2.38. The Balaban J connectivity index is 1.55. The molecule has 0 unspecified atom stereocenters. The van der Waals surface area contributed by atoms with Crippen LogP contribution in [0.25, 0.3) is 0 Å². The molecule has 0 bridgehead atoms. The van der Waals surface area contributed by atoms with E-state index in [1.807, 2.05) is 67.6 Å². The Hall–Kier alpha value is -1.52. The molecule has 0 aliphatic carbocycles. The third-order valence-corrected chi connectivity index (χ3v) is 6.25. The lowest BCUT2D eigenvalue weighted by atomic mass is 9.89. The lowest BCUT2D eigenvalue weighted by molar-refractivity contribution is -0.351. The summed E-state index contributed by atoms with van der Waals surface area (Å²) < 4.78 is 31.4. The van der Waals surface area contributed by atoms with E-state index in [1.54, 1.807) is 0 Å². The summed E-state index contributed by atoms with van der Waals surface area (Å²) in [7, 11) is 0. The number of hydrogen-bond donors (Lipinski definition) is 0. The van der Waals surface area contributed by atoms with E-state index in [0.717, 1.165) is 15.6 Å². The van der Waals surface area contributed by atoms with Crippen molar-refractivity contribution in [3.8, 4) is 0 Å². The largest absolute Gasteiger partial charge is 0.455 e. The van der Waals surface area contributed by atoms with Crippen molar-refractivity contribution in [2.45, 2.75) is 56.8 Å². The van der Waals surface area contributed by atoms with Crippen molar-refractivity contribution in [1.29, 1.82) is 0 Å². The molecule has 0 aromatic heterocycles. The number of esters is 1. The van der Waals surface area contributed by atoms with Gasteiger partial charge in [0.1, 0.15) is 11.7 Å². The average Bonchev–Trinajstić information content (AvgIpc) is 2.80. The van der Waals surface area contributed by atoms with E-state index < -0.39 is 30.2 Å². The highest BCUT2D eigenvalue weighted by atomic mass is 127. The molecular weight excluding hydrogens is 511 g/mol. The second-order valence-corrected chi connectivity index (χ2v) is 9.00. The fraction of sp³-hybridized carbons (Fsp3) is 0.458. The van der Waals surface area contributed by atoms with Crippen molar-refractivity contribution < 1.29 is 28.5 Å². The second-order valence-electron chi connectivity index (χ2n) is 7.92. The van der Waals surface area contributed by atoms with E-state index in [1.165, 1.54) is 0 Å². The van der Waals surface area contributed by atoms with Crippen molar-refractivity contribution in [1.82, 2.24) is 0 Å². The van der Waals surface area contributed by atoms with Crippen LogP contribution in [0.4, 0.5) is 0 Å². The number of halogens is 1. The van der Waals surface area contributed by atoms with Gasteiger partial charge in [0.25, 0.3) is 0 Å². The zero-order chi connectivity index (χ0) is 21.7. The minimum Gasteiger partial charge on any atom is -0.455 e. The van der Waals surface area contributed by atoms with Crippen LogP contribution in [-0.4, -0.2) is 47.2 Å². The van der Waals surface area contributed by atoms with Crippen molar-refractivity contribution in [3.63, 3.8) is 0 Å². The van der Waals surface area contributed by atoms with Gasteiger partial charge in [-0.05, 0) is 24.5 Å². The first-order valence-corrected chi connectivity index (χ1v) is 12.0. The van der Waals surface area contributed by atoms with Gasteiger partial charge >= 0.3 is 5.97 Å². The van der Waals surface area contributed by atoms with Gasteiger partial charge in [-0.3, -0.25) is 0 Å². The maximum absolute atomic E-state index is 12.3. The van der Waals surface area contributed by atoms with E-state index in [9.17, 15) is 4.79 Å². The molecule has 2 aliphatic rings. The standard InChI is InChI=1S/C24H27IO6/c1-24(29-15-18-10-6-3-7-11-18)21-20(31-22(26)19(30-21)12-13-25)16-28-23(24)27-14-17-8-4-2-5-9-17/h2-11,19-21,23H,12-16H2,1H3/t19-,20+,21+,23+,24+/m0/s1. The molecule has 5 atom stereocenters. The van der Waals surface area contributed by atoms with Crippen molar-refractivity contribution in [2.75, 3.05) is 11.0 Å². The van der Waals surface area contributed by atoms with E-state index >= 15 is 0 Å². The van der Waals surface area contributed by atoms with Gasteiger partial charge in [-0.1, -0.05) is 83.3 Å². The number of ether oxygens (including phenoxy) is 5. The molecule has 2 aromatic carbocycles. The highest BCUT2D eigenvalue weighted by molar-refractivity contribution is 14.1. The number of hydrogen-bond acceptors (Lipinski definition) is 6. The topological polar surface area (TPSA) is 63.2 Å². The molecule has 166 valence electrons. The van der Waals surface area contributed by atoms with Crippen molar-refractivity contribution in [3.05, 3.63) is 71.8 Å². The molecule has 2 heterocycles. The lowest BCUT2D eigenvalue weighted by Gasteiger charge is -2.51. The number of carbonyl (C=O) groups excluding carboxylic acids is 1. The van der Waals surface area contributed by atoms with Gasteiger partial charge in [-0.25, -0.2) is 4.79 Å². The quantitative estimate of drug-likeness (QED) is 0.287. The molecule has 0 amide bonds. The predicted molar refractivity (Wildman–Crippen MR) is 123 cm³/mol. The van der Waals surface area contributed by atoms with Crippen LogP contribution in [0, 0.1) is 0 Å². The van der Waals surface area contributed by atoms with Gasteiger partial charge < -0.3 is 23.7 Å². The molecular formula is C24H27IO6. The van der Waals surface area contributed by atoms with Gasteiger partial charge in [0.05, 0.1) is 19.8 Å². The van der Waals surface area contributed by atoms with Crippen molar-refractivity contribution >= 4 is 28.6 Å². The minimum atomic E-state index is -0.961. The first-order valence-electron chi connectivity index (χ1n) is 10.5. The van der Waals surface area contributed by atoms with Crippen LogP contribution in [0.15, 0.2) is 60.7 Å². The molecule has 0 saturated carbocycles. The lowest BCUT2D eigenvalue weighted by Crippen LogP contribution is -2.68. The molecule has 2 saturated heterocycles. The van der Waals surface area contributed by atoms with Crippen LogP contribution in [0.5, 0.6) is 0 Å².